The highest BCUT2D eigenvalue weighted by Gasteiger charge is 2.32. The molecule has 0 aromatic rings. The number of carbonyl (C=O) groups excluding carboxylic acids is 2. The van der Waals surface area contributed by atoms with Crippen molar-refractivity contribution in [3.05, 3.63) is 0 Å². The van der Waals surface area contributed by atoms with Crippen LogP contribution in [-0.2, 0) is 4.79 Å². The SMILES string of the molecule is CCN(CC(C)(C)O)C(=O)C1CSC(=O)N1. The van der Waals surface area contributed by atoms with Crippen molar-refractivity contribution >= 4 is 22.9 Å². The van der Waals surface area contributed by atoms with Crippen molar-refractivity contribution in [3.63, 3.8) is 0 Å². The molecule has 0 saturated carbocycles. The summed E-state index contributed by atoms with van der Waals surface area (Å²) in [6.07, 6.45) is 0. The lowest BCUT2D eigenvalue weighted by atomic mass is 10.1. The molecule has 0 aromatic carbocycles. The highest BCUT2D eigenvalue weighted by atomic mass is 32.2. The third kappa shape index (κ3) is 3.68. The smallest absolute Gasteiger partial charge is 0.279 e. The fourth-order valence-corrected chi connectivity index (χ4v) is 2.32. The third-order valence-electron chi connectivity index (χ3n) is 2.24. The van der Waals surface area contributed by atoms with Gasteiger partial charge < -0.3 is 15.3 Å². The van der Waals surface area contributed by atoms with E-state index in [1.807, 2.05) is 6.92 Å². The number of nitrogens with zero attached hydrogens (tertiary/aromatic N) is 1. The van der Waals surface area contributed by atoms with Crippen LogP contribution in [0.15, 0.2) is 0 Å². The standard InChI is InChI=1S/C10H18N2O3S/c1-4-12(6-10(2,3)15)8(13)7-5-16-9(14)11-7/h7,15H,4-6H2,1-3H3,(H,11,14). The van der Waals surface area contributed by atoms with Gasteiger partial charge in [0.15, 0.2) is 0 Å². The van der Waals surface area contributed by atoms with E-state index in [1.165, 1.54) is 0 Å². The quantitative estimate of drug-likeness (QED) is 0.755. The molecule has 1 heterocycles. The number of amides is 2. The second kappa shape index (κ2) is 5.05. The topological polar surface area (TPSA) is 69.6 Å². The molecule has 0 radical (unpaired) electrons. The molecule has 0 bridgehead atoms. The molecule has 1 saturated heterocycles. The second-order valence-corrected chi connectivity index (χ2v) is 5.45. The van der Waals surface area contributed by atoms with Gasteiger partial charge in [-0.3, -0.25) is 9.59 Å². The molecule has 5 nitrogen and oxygen atoms in total. The summed E-state index contributed by atoms with van der Waals surface area (Å²) >= 11 is 1.12. The van der Waals surface area contributed by atoms with Crippen LogP contribution < -0.4 is 5.32 Å². The highest BCUT2D eigenvalue weighted by molar-refractivity contribution is 8.14. The van der Waals surface area contributed by atoms with Crippen LogP contribution in [0.1, 0.15) is 20.8 Å². The maximum atomic E-state index is 12.0. The Bertz CT molecular complexity index is 288. The summed E-state index contributed by atoms with van der Waals surface area (Å²) in [5, 5.41) is 12.1. The lowest BCUT2D eigenvalue weighted by molar-refractivity contribution is -0.135. The molecule has 0 aromatic heterocycles. The lowest BCUT2D eigenvalue weighted by Crippen LogP contribution is -2.50. The Labute approximate surface area is 99.6 Å². The second-order valence-electron chi connectivity index (χ2n) is 4.46. The number of thioether (sulfide) groups is 1. The molecule has 6 heteroatoms. The Balaban J connectivity index is 2.59. The molecular formula is C10H18N2O3S. The van der Waals surface area contributed by atoms with Gasteiger partial charge >= 0.3 is 0 Å². The molecule has 2 amide bonds. The molecule has 1 fully saturated rings. The molecule has 0 aliphatic carbocycles. The van der Waals surface area contributed by atoms with Gasteiger partial charge in [0.1, 0.15) is 6.04 Å². The Kier molecular flexibility index (Phi) is 4.21. The first-order chi connectivity index (χ1) is 7.33. The first-order valence-corrected chi connectivity index (χ1v) is 6.26. The van der Waals surface area contributed by atoms with Crippen LogP contribution in [0.3, 0.4) is 0 Å². The first-order valence-electron chi connectivity index (χ1n) is 5.28. The van der Waals surface area contributed by atoms with Gasteiger partial charge in [0.2, 0.25) is 5.91 Å². The van der Waals surface area contributed by atoms with Crippen LogP contribution in [0.2, 0.25) is 0 Å². The molecule has 1 atom stereocenters. The Morgan fingerprint density at radius 3 is 2.69 bits per heavy atom. The largest absolute Gasteiger partial charge is 0.389 e. The minimum Gasteiger partial charge on any atom is -0.389 e. The van der Waals surface area contributed by atoms with Gasteiger partial charge in [-0.1, -0.05) is 11.8 Å². The van der Waals surface area contributed by atoms with E-state index in [0.717, 1.165) is 11.8 Å². The van der Waals surface area contributed by atoms with E-state index >= 15 is 0 Å². The Morgan fingerprint density at radius 1 is 1.69 bits per heavy atom. The summed E-state index contributed by atoms with van der Waals surface area (Å²) in [6, 6.07) is -0.445. The van der Waals surface area contributed by atoms with Gasteiger partial charge in [0.25, 0.3) is 5.24 Å². The van der Waals surface area contributed by atoms with E-state index < -0.39 is 11.6 Å². The number of likely N-dealkylation sites (N-methyl/N-ethyl adjacent to an activating group) is 1. The maximum Gasteiger partial charge on any atom is 0.279 e. The highest BCUT2D eigenvalue weighted by Crippen LogP contribution is 2.16. The first kappa shape index (κ1) is 13.3. The molecule has 1 rings (SSSR count). The molecule has 0 spiro atoms. The van der Waals surface area contributed by atoms with Crippen LogP contribution in [0.5, 0.6) is 0 Å². The predicted molar refractivity (Wildman–Crippen MR) is 63.3 cm³/mol. The number of nitrogens with one attached hydrogen (secondary N) is 1. The fraction of sp³-hybridized carbons (Fsp3) is 0.800. The van der Waals surface area contributed by atoms with Crippen LogP contribution in [0.4, 0.5) is 4.79 Å². The average Bonchev–Trinajstić information content (AvgIpc) is 2.58. The number of hydrogen-bond donors (Lipinski definition) is 2. The zero-order chi connectivity index (χ0) is 12.3. The zero-order valence-electron chi connectivity index (χ0n) is 9.82. The number of carbonyl (C=O) groups is 2. The number of aliphatic hydroxyl groups is 1. The van der Waals surface area contributed by atoms with Crippen molar-refractivity contribution < 1.29 is 14.7 Å². The van der Waals surface area contributed by atoms with E-state index in [4.69, 9.17) is 0 Å². The van der Waals surface area contributed by atoms with Crippen molar-refractivity contribution in [2.75, 3.05) is 18.8 Å². The van der Waals surface area contributed by atoms with Gasteiger partial charge in [-0.05, 0) is 20.8 Å². The minimum atomic E-state index is -0.915. The third-order valence-corrected chi connectivity index (χ3v) is 3.12. The summed E-state index contributed by atoms with van der Waals surface area (Å²) in [4.78, 5) is 24.5. The normalized spacial score (nSPS) is 20.8. The van der Waals surface area contributed by atoms with Crippen molar-refractivity contribution in [2.45, 2.75) is 32.4 Å². The molecular weight excluding hydrogens is 228 g/mol. The fourth-order valence-electron chi connectivity index (χ4n) is 1.55. The van der Waals surface area contributed by atoms with Gasteiger partial charge in [0, 0.05) is 18.8 Å². The maximum absolute atomic E-state index is 12.0. The summed E-state index contributed by atoms with van der Waals surface area (Å²) in [6.45, 7) is 5.97. The van der Waals surface area contributed by atoms with Gasteiger partial charge in [0.05, 0.1) is 5.60 Å². The van der Waals surface area contributed by atoms with Gasteiger partial charge in [-0.15, -0.1) is 0 Å². The van der Waals surface area contributed by atoms with Crippen LogP contribution in [-0.4, -0.2) is 51.6 Å². The molecule has 1 aliphatic rings. The average molecular weight is 246 g/mol. The summed E-state index contributed by atoms with van der Waals surface area (Å²) < 4.78 is 0. The van der Waals surface area contributed by atoms with Crippen LogP contribution >= 0.6 is 11.8 Å². The van der Waals surface area contributed by atoms with Crippen molar-refractivity contribution in [1.29, 1.82) is 0 Å². The molecule has 92 valence electrons. The van der Waals surface area contributed by atoms with E-state index in [1.54, 1.807) is 18.7 Å². The molecule has 1 unspecified atom stereocenters. The van der Waals surface area contributed by atoms with Gasteiger partial charge in [-0.2, -0.15) is 0 Å². The van der Waals surface area contributed by atoms with Crippen molar-refractivity contribution in [3.8, 4) is 0 Å². The van der Waals surface area contributed by atoms with Gasteiger partial charge in [-0.25, -0.2) is 0 Å². The summed E-state index contributed by atoms with van der Waals surface area (Å²) in [5.41, 5.74) is -0.915. The van der Waals surface area contributed by atoms with Crippen LogP contribution in [0, 0.1) is 0 Å². The molecule has 1 aliphatic heterocycles. The van der Waals surface area contributed by atoms with E-state index in [9.17, 15) is 14.7 Å². The Hall–Kier alpha value is -0.750. The van der Waals surface area contributed by atoms with E-state index in [0.29, 0.717) is 12.3 Å². The monoisotopic (exact) mass is 246 g/mol. The zero-order valence-corrected chi connectivity index (χ0v) is 10.6. The van der Waals surface area contributed by atoms with E-state index in [-0.39, 0.29) is 17.7 Å². The lowest BCUT2D eigenvalue weighted by Gasteiger charge is -2.29. The van der Waals surface area contributed by atoms with E-state index in [2.05, 4.69) is 5.32 Å². The number of rotatable bonds is 4. The summed E-state index contributed by atoms with van der Waals surface area (Å²) in [5.74, 6) is 0.350. The minimum absolute atomic E-state index is 0.122. The Morgan fingerprint density at radius 2 is 2.31 bits per heavy atom. The molecule has 2 N–H and O–H groups in total. The van der Waals surface area contributed by atoms with Crippen molar-refractivity contribution in [2.24, 2.45) is 0 Å². The molecule has 16 heavy (non-hydrogen) atoms. The predicted octanol–water partition coefficient (Wildman–Crippen LogP) is 0.431. The van der Waals surface area contributed by atoms with Crippen LogP contribution in [0.25, 0.3) is 0 Å². The number of hydrogen-bond acceptors (Lipinski definition) is 4. The van der Waals surface area contributed by atoms with Crippen molar-refractivity contribution in [1.82, 2.24) is 10.2 Å². The summed E-state index contributed by atoms with van der Waals surface area (Å²) in [7, 11) is 0.